The summed E-state index contributed by atoms with van der Waals surface area (Å²) in [6, 6.07) is 0. The van der Waals surface area contributed by atoms with Gasteiger partial charge in [0.1, 0.15) is 0 Å². The Kier molecular flexibility index (Phi) is 2.39. The SMILES string of the molecule is CCOC(=O)N1CCC2(CN(C)C2)C1. The van der Waals surface area contributed by atoms with E-state index in [2.05, 4.69) is 11.9 Å². The van der Waals surface area contributed by atoms with E-state index in [-0.39, 0.29) is 6.09 Å². The molecule has 1 spiro atoms. The molecule has 2 aliphatic rings. The Bertz CT molecular complexity index is 236. The van der Waals surface area contributed by atoms with Gasteiger partial charge in [0.15, 0.2) is 0 Å². The summed E-state index contributed by atoms with van der Waals surface area (Å²) in [6.45, 7) is 6.33. The second-order valence-electron chi connectivity index (χ2n) is 4.54. The van der Waals surface area contributed by atoms with Crippen LogP contribution in [0.25, 0.3) is 0 Å². The molecule has 0 atom stereocenters. The molecule has 0 aromatic carbocycles. The van der Waals surface area contributed by atoms with Crippen LogP contribution in [0.2, 0.25) is 0 Å². The highest BCUT2D eigenvalue weighted by atomic mass is 16.6. The molecule has 0 aliphatic carbocycles. The van der Waals surface area contributed by atoms with Gasteiger partial charge >= 0.3 is 6.09 Å². The average molecular weight is 198 g/mol. The van der Waals surface area contributed by atoms with Crippen LogP contribution >= 0.6 is 0 Å². The lowest BCUT2D eigenvalue weighted by Crippen LogP contribution is -2.55. The van der Waals surface area contributed by atoms with E-state index in [0.717, 1.165) is 32.6 Å². The first-order valence-corrected chi connectivity index (χ1v) is 5.25. The van der Waals surface area contributed by atoms with E-state index in [1.165, 1.54) is 0 Å². The van der Waals surface area contributed by atoms with Crippen LogP contribution in [0.5, 0.6) is 0 Å². The highest BCUT2D eigenvalue weighted by Gasteiger charge is 2.47. The number of rotatable bonds is 1. The van der Waals surface area contributed by atoms with E-state index in [1.807, 2.05) is 11.8 Å². The highest BCUT2D eigenvalue weighted by Crippen LogP contribution is 2.38. The zero-order chi connectivity index (χ0) is 10.2. The Balaban J connectivity index is 1.86. The molecular weight excluding hydrogens is 180 g/mol. The Morgan fingerprint density at radius 3 is 2.71 bits per heavy atom. The lowest BCUT2D eigenvalue weighted by molar-refractivity contribution is 0.0289. The third-order valence-corrected chi connectivity index (χ3v) is 3.17. The first-order chi connectivity index (χ1) is 6.65. The molecular formula is C10H18N2O2. The molecule has 0 aromatic heterocycles. The number of carbonyl (C=O) groups excluding carboxylic acids is 1. The van der Waals surface area contributed by atoms with E-state index in [9.17, 15) is 4.79 Å². The molecule has 2 aliphatic heterocycles. The second kappa shape index (κ2) is 3.42. The average Bonchev–Trinajstić information content (AvgIpc) is 2.49. The van der Waals surface area contributed by atoms with Gasteiger partial charge in [-0.3, -0.25) is 0 Å². The zero-order valence-corrected chi connectivity index (χ0v) is 8.95. The summed E-state index contributed by atoms with van der Waals surface area (Å²) >= 11 is 0. The van der Waals surface area contributed by atoms with Gasteiger partial charge < -0.3 is 14.5 Å². The van der Waals surface area contributed by atoms with Crippen molar-refractivity contribution in [2.24, 2.45) is 5.41 Å². The van der Waals surface area contributed by atoms with Crippen LogP contribution < -0.4 is 0 Å². The second-order valence-corrected chi connectivity index (χ2v) is 4.54. The predicted octanol–water partition coefficient (Wildman–Crippen LogP) is 0.780. The maximum atomic E-state index is 11.4. The molecule has 2 saturated heterocycles. The molecule has 2 heterocycles. The quantitative estimate of drug-likeness (QED) is 0.624. The molecule has 2 fully saturated rings. The van der Waals surface area contributed by atoms with Crippen molar-refractivity contribution in [1.29, 1.82) is 0 Å². The largest absolute Gasteiger partial charge is 0.450 e. The maximum absolute atomic E-state index is 11.4. The van der Waals surface area contributed by atoms with Crippen molar-refractivity contribution in [2.75, 3.05) is 39.8 Å². The molecule has 1 amide bonds. The van der Waals surface area contributed by atoms with Gasteiger partial charge in [0.25, 0.3) is 0 Å². The summed E-state index contributed by atoms with van der Waals surface area (Å²) in [5.41, 5.74) is 0.390. The summed E-state index contributed by atoms with van der Waals surface area (Å²) in [7, 11) is 2.12. The number of hydrogen-bond donors (Lipinski definition) is 0. The predicted molar refractivity (Wildman–Crippen MR) is 53.1 cm³/mol. The molecule has 80 valence electrons. The van der Waals surface area contributed by atoms with Crippen molar-refractivity contribution in [3.8, 4) is 0 Å². The zero-order valence-electron chi connectivity index (χ0n) is 8.95. The van der Waals surface area contributed by atoms with Gasteiger partial charge in [-0.2, -0.15) is 0 Å². The van der Waals surface area contributed by atoms with Gasteiger partial charge in [-0.05, 0) is 20.4 Å². The summed E-state index contributed by atoms with van der Waals surface area (Å²) in [6.07, 6.45) is 0.995. The lowest BCUT2D eigenvalue weighted by Gasteiger charge is -2.45. The minimum absolute atomic E-state index is 0.140. The van der Waals surface area contributed by atoms with Gasteiger partial charge in [-0.1, -0.05) is 0 Å². The molecule has 2 rings (SSSR count). The minimum atomic E-state index is -0.140. The van der Waals surface area contributed by atoms with E-state index >= 15 is 0 Å². The van der Waals surface area contributed by atoms with Crippen LogP contribution in [0.3, 0.4) is 0 Å². The van der Waals surface area contributed by atoms with E-state index in [0.29, 0.717) is 12.0 Å². The van der Waals surface area contributed by atoms with Crippen LogP contribution in [0.1, 0.15) is 13.3 Å². The number of nitrogens with zero attached hydrogens (tertiary/aromatic N) is 2. The molecule has 0 saturated carbocycles. The Morgan fingerprint density at radius 1 is 1.43 bits per heavy atom. The summed E-state index contributed by atoms with van der Waals surface area (Å²) in [5, 5.41) is 0. The number of amides is 1. The van der Waals surface area contributed by atoms with Crippen molar-refractivity contribution < 1.29 is 9.53 Å². The fraction of sp³-hybridized carbons (Fsp3) is 0.900. The van der Waals surface area contributed by atoms with Crippen LogP contribution in [0, 0.1) is 5.41 Å². The molecule has 4 nitrogen and oxygen atoms in total. The van der Waals surface area contributed by atoms with Gasteiger partial charge in [0.2, 0.25) is 0 Å². The lowest BCUT2D eigenvalue weighted by atomic mass is 9.80. The number of likely N-dealkylation sites (tertiary alicyclic amines) is 2. The Hall–Kier alpha value is -0.770. The molecule has 0 unspecified atom stereocenters. The molecule has 0 radical (unpaired) electrons. The van der Waals surface area contributed by atoms with Crippen molar-refractivity contribution in [2.45, 2.75) is 13.3 Å². The third kappa shape index (κ3) is 1.59. The summed E-state index contributed by atoms with van der Waals surface area (Å²) in [4.78, 5) is 15.6. The van der Waals surface area contributed by atoms with E-state index in [4.69, 9.17) is 4.74 Å². The Labute approximate surface area is 84.8 Å². The topological polar surface area (TPSA) is 32.8 Å². The molecule has 0 aromatic rings. The minimum Gasteiger partial charge on any atom is -0.450 e. The van der Waals surface area contributed by atoms with Gasteiger partial charge in [0.05, 0.1) is 6.61 Å². The fourth-order valence-corrected chi connectivity index (χ4v) is 2.66. The summed E-state index contributed by atoms with van der Waals surface area (Å²) in [5.74, 6) is 0. The number of hydrogen-bond acceptors (Lipinski definition) is 3. The van der Waals surface area contributed by atoms with Crippen LogP contribution in [0.15, 0.2) is 0 Å². The van der Waals surface area contributed by atoms with Crippen molar-refractivity contribution >= 4 is 6.09 Å². The van der Waals surface area contributed by atoms with Crippen molar-refractivity contribution in [3.05, 3.63) is 0 Å². The highest BCUT2D eigenvalue weighted by molar-refractivity contribution is 5.68. The molecule has 14 heavy (non-hydrogen) atoms. The van der Waals surface area contributed by atoms with Gasteiger partial charge in [-0.15, -0.1) is 0 Å². The van der Waals surface area contributed by atoms with Crippen molar-refractivity contribution in [1.82, 2.24) is 9.80 Å². The fourth-order valence-electron chi connectivity index (χ4n) is 2.66. The van der Waals surface area contributed by atoms with E-state index < -0.39 is 0 Å². The normalized spacial score (nSPS) is 25.1. The third-order valence-electron chi connectivity index (χ3n) is 3.17. The Morgan fingerprint density at radius 2 is 2.14 bits per heavy atom. The summed E-state index contributed by atoms with van der Waals surface area (Å²) < 4.78 is 4.99. The molecule has 0 N–H and O–H groups in total. The van der Waals surface area contributed by atoms with Gasteiger partial charge in [0, 0.05) is 31.6 Å². The van der Waals surface area contributed by atoms with E-state index in [1.54, 1.807) is 0 Å². The van der Waals surface area contributed by atoms with Crippen LogP contribution in [-0.4, -0.2) is 55.7 Å². The molecule has 0 bridgehead atoms. The molecule has 4 heteroatoms. The first kappa shape index (κ1) is 9.77. The van der Waals surface area contributed by atoms with Crippen LogP contribution in [0.4, 0.5) is 4.79 Å². The smallest absolute Gasteiger partial charge is 0.409 e. The van der Waals surface area contributed by atoms with Crippen LogP contribution in [-0.2, 0) is 4.74 Å². The standard InChI is InChI=1S/C10H18N2O2/c1-3-14-9(13)12-5-4-10(8-12)6-11(2)7-10/h3-8H2,1-2H3. The maximum Gasteiger partial charge on any atom is 0.409 e. The first-order valence-electron chi connectivity index (χ1n) is 5.25. The van der Waals surface area contributed by atoms with Gasteiger partial charge in [-0.25, -0.2) is 4.79 Å². The number of carbonyl (C=O) groups is 1. The van der Waals surface area contributed by atoms with Crippen molar-refractivity contribution in [3.63, 3.8) is 0 Å². The number of ether oxygens (including phenoxy) is 1. The monoisotopic (exact) mass is 198 g/mol.